The van der Waals surface area contributed by atoms with Crippen molar-refractivity contribution < 1.29 is 0 Å². The van der Waals surface area contributed by atoms with Gasteiger partial charge in [0.2, 0.25) is 0 Å². The molecular formula is C62H57ClN4. The van der Waals surface area contributed by atoms with Crippen molar-refractivity contribution in [1.82, 2.24) is 19.9 Å². The highest BCUT2D eigenvalue weighted by molar-refractivity contribution is 6.30. The van der Waals surface area contributed by atoms with E-state index in [1.807, 2.05) is 12.1 Å². The molecule has 0 radical (unpaired) electrons. The third-order valence-electron chi connectivity index (χ3n) is 13.7. The second-order valence-corrected chi connectivity index (χ2v) is 19.7. The van der Waals surface area contributed by atoms with Crippen LogP contribution in [-0.4, -0.2) is 19.9 Å². The van der Waals surface area contributed by atoms with Gasteiger partial charge in [0.25, 0.3) is 0 Å². The summed E-state index contributed by atoms with van der Waals surface area (Å²) in [4.78, 5) is 19.7. The standard InChI is InChI=1S/C62H57ClN4/c1-32-23-36(5)54(37(6)24-32)58-47-17-18-48(64-47)59(55-38(7)25-33(2)26-39(55)8)50-21-22-52(66-50)61(57-42(11)29-35(4)30-43(57)12)62-46(44-13-15-45(63)16-14-44)31-53(67-62)60(51-20-19-49(58)65-51)56-40(9)27-34(3)28-41(56)10/h13-31,65-66H,1-12H3. The van der Waals surface area contributed by atoms with Crippen LogP contribution in [0.15, 0.2) is 97.1 Å². The topological polar surface area (TPSA) is 57.4 Å². The SMILES string of the molecule is Cc1cc(C)c(-c2c3nc(c(-c4c(C)cc(C)cc4C)c4ccc([nH]4)c(-c4c(C)cc(C)cc4C)c4nc(c(-c5c(C)cc(C)cc5C)c5ccc2[nH]5)C=C4c2ccc(Cl)cc2)C=C3)c(C)c1. The second kappa shape index (κ2) is 16.7. The Labute approximate surface area is 400 Å². The van der Waals surface area contributed by atoms with Gasteiger partial charge in [0, 0.05) is 54.9 Å². The monoisotopic (exact) mass is 892 g/mol. The number of hydrogen-bond acceptors (Lipinski definition) is 2. The lowest BCUT2D eigenvalue weighted by atomic mass is 9.89. The van der Waals surface area contributed by atoms with Crippen LogP contribution in [0, 0.1) is 83.1 Å². The molecule has 0 atom stereocenters. The summed E-state index contributed by atoms with van der Waals surface area (Å²) in [7, 11) is 0. The first-order valence-corrected chi connectivity index (χ1v) is 23.7. The number of aryl methyl sites for hydroxylation is 12. The van der Waals surface area contributed by atoms with Crippen LogP contribution in [-0.2, 0) is 0 Å². The fourth-order valence-corrected chi connectivity index (χ4v) is 11.6. The van der Waals surface area contributed by atoms with Crippen LogP contribution < -0.4 is 0 Å². The molecule has 2 aliphatic heterocycles. The predicted octanol–water partition coefficient (Wildman–Crippen LogP) is 17.1. The molecule has 8 bridgehead atoms. The van der Waals surface area contributed by atoms with E-state index in [1.54, 1.807) is 0 Å². The molecule has 0 saturated heterocycles. The highest BCUT2D eigenvalue weighted by Crippen LogP contribution is 2.46. The summed E-state index contributed by atoms with van der Waals surface area (Å²) >= 11 is 6.62. The molecule has 10 rings (SSSR count). The fraction of sp³-hybridized carbons (Fsp3) is 0.194. The number of benzene rings is 5. The Hall–Kier alpha value is -7.01. The van der Waals surface area contributed by atoms with Crippen LogP contribution in [0.2, 0.25) is 5.02 Å². The summed E-state index contributed by atoms with van der Waals surface area (Å²) in [5.74, 6) is 0. The summed E-state index contributed by atoms with van der Waals surface area (Å²) in [6, 6.07) is 35.5. The molecule has 5 aromatic carbocycles. The van der Waals surface area contributed by atoms with E-state index >= 15 is 0 Å². The van der Waals surface area contributed by atoms with Crippen LogP contribution in [0.5, 0.6) is 0 Å². The summed E-state index contributed by atoms with van der Waals surface area (Å²) in [6.07, 6.45) is 6.72. The molecular weight excluding hydrogens is 836 g/mol. The van der Waals surface area contributed by atoms with Crippen molar-refractivity contribution >= 4 is 57.5 Å². The van der Waals surface area contributed by atoms with Gasteiger partial charge in [-0.15, -0.1) is 0 Å². The number of nitrogens with zero attached hydrogens (tertiary/aromatic N) is 2. The van der Waals surface area contributed by atoms with E-state index in [0.717, 1.165) is 83.8 Å². The number of rotatable bonds is 5. The Bertz CT molecular complexity index is 3550. The number of hydrogen-bond donors (Lipinski definition) is 2. The number of aromatic amines is 2. The van der Waals surface area contributed by atoms with Crippen LogP contribution in [0.3, 0.4) is 0 Å². The smallest absolute Gasteiger partial charge is 0.0815 e. The molecule has 0 saturated carbocycles. The van der Waals surface area contributed by atoms with Gasteiger partial charge in [-0.25, -0.2) is 9.97 Å². The summed E-state index contributed by atoms with van der Waals surface area (Å²) < 4.78 is 0. The van der Waals surface area contributed by atoms with Crippen molar-refractivity contribution in [2.45, 2.75) is 83.1 Å². The molecule has 8 aromatic rings. The van der Waals surface area contributed by atoms with E-state index < -0.39 is 0 Å². The van der Waals surface area contributed by atoms with Crippen LogP contribution in [0.1, 0.15) is 95.1 Å². The largest absolute Gasteiger partial charge is 0.354 e. The molecule has 2 N–H and O–H groups in total. The maximum absolute atomic E-state index is 6.62. The lowest BCUT2D eigenvalue weighted by Crippen LogP contribution is -1.97. The zero-order valence-electron chi connectivity index (χ0n) is 40.7. The van der Waals surface area contributed by atoms with Gasteiger partial charge in [0.1, 0.15) is 0 Å². The van der Waals surface area contributed by atoms with Crippen LogP contribution in [0.4, 0.5) is 0 Å². The number of aromatic nitrogens is 4. The van der Waals surface area contributed by atoms with Crippen molar-refractivity contribution in [3.05, 3.63) is 197 Å². The first-order valence-electron chi connectivity index (χ1n) is 23.3. The predicted molar refractivity (Wildman–Crippen MR) is 287 cm³/mol. The Morgan fingerprint density at radius 3 is 1.01 bits per heavy atom. The highest BCUT2D eigenvalue weighted by Gasteiger charge is 2.27. The van der Waals surface area contributed by atoms with E-state index in [2.05, 4.69) is 196 Å². The summed E-state index contributed by atoms with van der Waals surface area (Å²) in [6.45, 7) is 26.5. The minimum Gasteiger partial charge on any atom is -0.354 e. The highest BCUT2D eigenvalue weighted by atomic mass is 35.5. The average Bonchev–Trinajstić information content (AvgIpc) is 4.08. The molecule has 2 aliphatic rings. The quantitative estimate of drug-likeness (QED) is 0.181. The van der Waals surface area contributed by atoms with Crippen molar-refractivity contribution in [3.63, 3.8) is 0 Å². The first kappa shape index (κ1) is 43.9. The van der Waals surface area contributed by atoms with E-state index in [4.69, 9.17) is 21.6 Å². The van der Waals surface area contributed by atoms with Gasteiger partial charge in [-0.05, 0) is 210 Å². The van der Waals surface area contributed by atoms with Gasteiger partial charge >= 0.3 is 0 Å². The molecule has 67 heavy (non-hydrogen) atoms. The van der Waals surface area contributed by atoms with E-state index in [0.29, 0.717) is 5.02 Å². The first-order chi connectivity index (χ1) is 32.0. The van der Waals surface area contributed by atoms with Gasteiger partial charge < -0.3 is 9.97 Å². The third-order valence-corrected chi connectivity index (χ3v) is 14.0. The van der Waals surface area contributed by atoms with Gasteiger partial charge in [-0.3, -0.25) is 0 Å². The maximum atomic E-state index is 6.62. The van der Waals surface area contributed by atoms with E-state index in [-0.39, 0.29) is 0 Å². The lowest BCUT2D eigenvalue weighted by Gasteiger charge is -2.16. The van der Waals surface area contributed by atoms with Crippen molar-refractivity contribution in [1.29, 1.82) is 0 Å². The third kappa shape index (κ3) is 7.68. The number of fused-ring (bicyclic) bond motifs is 8. The van der Waals surface area contributed by atoms with Gasteiger partial charge in [0.05, 0.1) is 22.8 Å². The Morgan fingerprint density at radius 2 is 0.657 bits per heavy atom. The number of H-pyrrole nitrogens is 2. The number of nitrogens with one attached hydrogen (secondary N) is 2. The minimum absolute atomic E-state index is 0.691. The molecule has 5 heterocycles. The molecule has 332 valence electrons. The fourth-order valence-electron chi connectivity index (χ4n) is 11.5. The lowest BCUT2D eigenvalue weighted by molar-refractivity contribution is 1.26. The van der Waals surface area contributed by atoms with Crippen LogP contribution >= 0.6 is 11.6 Å². The van der Waals surface area contributed by atoms with Crippen molar-refractivity contribution in [3.8, 4) is 44.5 Å². The summed E-state index contributed by atoms with van der Waals surface area (Å²) in [5, 5.41) is 0.691. The Kier molecular flexibility index (Phi) is 10.9. The molecule has 4 nitrogen and oxygen atoms in total. The van der Waals surface area contributed by atoms with Crippen molar-refractivity contribution in [2.75, 3.05) is 0 Å². The second-order valence-electron chi connectivity index (χ2n) is 19.3. The minimum atomic E-state index is 0.691. The van der Waals surface area contributed by atoms with E-state index in [9.17, 15) is 0 Å². The van der Waals surface area contributed by atoms with Gasteiger partial charge in [0.15, 0.2) is 0 Å². The molecule has 0 aliphatic carbocycles. The molecule has 3 aromatic heterocycles. The molecule has 0 amide bonds. The zero-order valence-corrected chi connectivity index (χ0v) is 41.5. The molecule has 5 heteroatoms. The normalized spacial score (nSPS) is 12.3. The average molecular weight is 894 g/mol. The summed E-state index contributed by atoms with van der Waals surface area (Å²) in [5.41, 5.74) is 33.1. The van der Waals surface area contributed by atoms with Crippen LogP contribution in [0.25, 0.3) is 90.4 Å². The van der Waals surface area contributed by atoms with Crippen molar-refractivity contribution in [2.24, 2.45) is 0 Å². The number of halogens is 1. The maximum Gasteiger partial charge on any atom is 0.0815 e. The van der Waals surface area contributed by atoms with E-state index in [1.165, 1.54) is 83.5 Å². The Balaban J connectivity index is 1.50. The molecule has 0 fully saturated rings. The Morgan fingerprint density at radius 1 is 0.343 bits per heavy atom. The van der Waals surface area contributed by atoms with Gasteiger partial charge in [-0.2, -0.15) is 0 Å². The zero-order chi connectivity index (χ0) is 47.2. The molecule has 0 unspecified atom stereocenters. The molecule has 0 spiro atoms. The van der Waals surface area contributed by atoms with Gasteiger partial charge in [-0.1, -0.05) is 94.5 Å².